The fraction of sp³-hybridized carbons (Fsp3) is 0.364. The number of benzene rings is 2. The maximum Gasteiger partial charge on any atom is 0.336 e. The lowest BCUT2D eigenvalue weighted by Gasteiger charge is -2.12. The van der Waals surface area contributed by atoms with E-state index in [-0.39, 0.29) is 18.4 Å². The molecule has 31 heavy (non-hydrogen) atoms. The van der Waals surface area contributed by atoms with Gasteiger partial charge in [0, 0.05) is 31.5 Å². The van der Waals surface area contributed by atoms with Gasteiger partial charge in [-0.25, -0.2) is 9.07 Å². The zero-order chi connectivity index (χ0) is 22.1. The largest absolute Gasteiger partial charge is 0.460 e. The predicted octanol–water partition coefficient (Wildman–Crippen LogP) is 2.91. The molecule has 9 heteroatoms. The molecule has 2 N–H and O–H groups in total. The van der Waals surface area contributed by atoms with Crippen LogP contribution >= 0.6 is 0 Å². The fourth-order valence-electron chi connectivity index (χ4n) is 2.89. The molecule has 0 aliphatic rings. The van der Waals surface area contributed by atoms with Gasteiger partial charge in [-0.15, -0.1) is 5.10 Å². The zero-order valence-corrected chi connectivity index (χ0v) is 17.6. The third-order valence-corrected chi connectivity index (χ3v) is 4.35. The minimum atomic E-state index is -0.601. The maximum absolute atomic E-state index is 13.8. The van der Waals surface area contributed by atoms with E-state index < -0.39 is 6.10 Å². The molecule has 1 atom stereocenters. The molecule has 0 aliphatic carbocycles. The molecule has 0 unspecified atom stereocenters. The molecule has 3 rings (SSSR count). The topological polar surface area (TPSA) is 90.7 Å². The summed E-state index contributed by atoms with van der Waals surface area (Å²) in [4.78, 5) is 4.44. The Hall–Kier alpha value is -3.01. The Morgan fingerprint density at radius 2 is 1.97 bits per heavy atom. The molecule has 1 aromatic heterocycles. The minimum Gasteiger partial charge on any atom is -0.460 e. The lowest BCUT2D eigenvalue weighted by atomic mass is 10.2. The van der Waals surface area contributed by atoms with Crippen LogP contribution in [0.4, 0.5) is 10.1 Å². The average molecular weight is 430 g/mol. The van der Waals surface area contributed by atoms with Gasteiger partial charge in [0.1, 0.15) is 12.4 Å². The van der Waals surface area contributed by atoms with Gasteiger partial charge in [-0.05, 0) is 43.3 Å². The lowest BCUT2D eigenvalue weighted by Crippen LogP contribution is -2.24. The number of aromatic nitrogens is 3. The summed E-state index contributed by atoms with van der Waals surface area (Å²) in [5.41, 5.74) is 2.14. The highest BCUT2D eigenvalue weighted by Gasteiger charge is 2.15. The number of nitrogens with zero attached hydrogens (tertiary/aromatic N) is 3. The second kappa shape index (κ2) is 11.4. The maximum atomic E-state index is 13.8. The predicted molar refractivity (Wildman–Crippen MR) is 115 cm³/mol. The van der Waals surface area contributed by atoms with Crippen molar-refractivity contribution in [2.75, 3.05) is 45.4 Å². The number of hydrogen-bond acceptors (Lipinski definition) is 7. The van der Waals surface area contributed by atoms with Crippen LogP contribution in [0.15, 0.2) is 48.5 Å². The number of aliphatic hydroxyl groups is 1. The summed E-state index contributed by atoms with van der Waals surface area (Å²) in [6.07, 6.45) is -0.601. The summed E-state index contributed by atoms with van der Waals surface area (Å²) in [5.74, 6) is 0.0992. The van der Waals surface area contributed by atoms with Gasteiger partial charge in [0.05, 0.1) is 25.0 Å². The Balaban J connectivity index is 1.81. The first-order valence-corrected chi connectivity index (χ1v) is 10.1. The first-order valence-electron chi connectivity index (χ1n) is 10.1. The number of anilines is 1. The molecule has 166 valence electrons. The van der Waals surface area contributed by atoms with Crippen LogP contribution in [0, 0.1) is 5.82 Å². The second-order valence-electron chi connectivity index (χ2n) is 6.72. The molecule has 8 nitrogen and oxygen atoms in total. The van der Waals surface area contributed by atoms with Crippen LogP contribution in [0.25, 0.3) is 17.1 Å². The van der Waals surface area contributed by atoms with E-state index in [4.69, 9.17) is 14.2 Å². The monoisotopic (exact) mass is 430 g/mol. The molecule has 0 saturated heterocycles. The molecule has 0 saturated carbocycles. The summed E-state index contributed by atoms with van der Waals surface area (Å²) in [6, 6.07) is 13.8. The van der Waals surface area contributed by atoms with E-state index in [1.165, 1.54) is 12.1 Å². The van der Waals surface area contributed by atoms with Crippen molar-refractivity contribution in [2.24, 2.45) is 0 Å². The van der Waals surface area contributed by atoms with Gasteiger partial charge in [-0.3, -0.25) is 0 Å². The number of methoxy groups -OCH3 is 1. The van der Waals surface area contributed by atoms with Crippen LogP contribution in [0.2, 0.25) is 0 Å². The van der Waals surface area contributed by atoms with Gasteiger partial charge in [0.15, 0.2) is 5.82 Å². The van der Waals surface area contributed by atoms with Gasteiger partial charge in [-0.2, -0.15) is 4.98 Å². The quantitative estimate of drug-likeness (QED) is 0.427. The summed E-state index contributed by atoms with van der Waals surface area (Å²) < 4.78 is 31.2. The van der Waals surface area contributed by atoms with E-state index in [0.717, 1.165) is 11.4 Å². The van der Waals surface area contributed by atoms with Crippen molar-refractivity contribution in [3.05, 3.63) is 54.3 Å². The normalized spacial score (nSPS) is 12.0. The van der Waals surface area contributed by atoms with Crippen molar-refractivity contribution in [1.82, 2.24) is 14.8 Å². The smallest absolute Gasteiger partial charge is 0.336 e. The van der Waals surface area contributed by atoms with Gasteiger partial charge >= 0.3 is 6.01 Å². The van der Waals surface area contributed by atoms with E-state index in [2.05, 4.69) is 15.4 Å². The summed E-state index contributed by atoms with van der Waals surface area (Å²) in [6.45, 7) is 3.87. The number of nitrogens with one attached hydrogen (secondary N) is 1. The Labute approximate surface area is 180 Å². The van der Waals surface area contributed by atoms with Gasteiger partial charge < -0.3 is 24.6 Å². The molecule has 3 aromatic rings. The molecule has 0 radical (unpaired) electrons. The third-order valence-electron chi connectivity index (χ3n) is 4.35. The Bertz CT molecular complexity index is 949. The molecule has 0 bridgehead atoms. The highest BCUT2D eigenvalue weighted by atomic mass is 19.1. The molecule has 0 amide bonds. The van der Waals surface area contributed by atoms with Crippen molar-refractivity contribution in [3.63, 3.8) is 0 Å². The van der Waals surface area contributed by atoms with Crippen LogP contribution in [0.3, 0.4) is 0 Å². The van der Waals surface area contributed by atoms with Crippen LogP contribution in [-0.4, -0.2) is 66.1 Å². The summed E-state index contributed by atoms with van der Waals surface area (Å²) in [7, 11) is 1.54. The van der Waals surface area contributed by atoms with E-state index in [1.807, 2.05) is 31.2 Å². The van der Waals surface area contributed by atoms with Crippen molar-refractivity contribution in [3.8, 4) is 23.1 Å². The third kappa shape index (κ3) is 6.48. The Kier molecular flexibility index (Phi) is 8.34. The summed E-state index contributed by atoms with van der Waals surface area (Å²) in [5, 5.41) is 17.4. The van der Waals surface area contributed by atoms with Crippen LogP contribution < -0.4 is 10.1 Å². The SMILES string of the molecule is CCOCCOc1nc(-c2cccc(F)c2)n(-c2ccc(NC[C@@H](O)COC)cc2)n1. The van der Waals surface area contributed by atoms with E-state index >= 15 is 0 Å². The van der Waals surface area contributed by atoms with Gasteiger partial charge in [-0.1, -0.05) is 12.1 Å². The number of halogens is 1. The van der Waals surface area contributed by atoms with E-state index in [1.54, 1.807) is 23.9 Å². The number of ether oxygens (including phenoxy) is 3. The van der Waals surface area contributed by atoms with E-state index in [9.17, 15) is 9.50 Å². The van der Waals surface area contributed by atoms with E-state index in [0.29, 0.717) is 37.8 Å². The molecular weight excluding hydrogens is 403 g/mol. The van der Waals surface area contributed by atoms with Crippen molar-refractivity contribution < 1.29 is 23.7 Å². The zero-order valence-electron chi connectivity index (χ0n) is 17.6. The van der Waals surface area contributed by atoms with Crippen molar-refractivity contribution >= 4 is 5.69 Å². The highest BCUT2D eigenvalue weighted by molar-refractivity contribution is 5.59. The van der Waals surface area contributed by atoms with Crippen molar-refractivity contribution in [1.29, 1.82) is 0 Å². The van der Waals surface area contributed by atoms with Gasteiger partial charge in [0.25, 0.3) is 0 Å². The molecule has 2 aromatic carbocycles. The van der Waals surface area contributed by atoms with Gasteiger partial charge in [0.2, 0.25) is 0 Å². The highest BCUT2D eigenvalue weighted by Crippen LogP contribution is 2.25. The first kappa shape index (κ1) is 22.7. The lowest BCUT2D eigenvalue weighted by molar-refractivity contribution is 0.0727. The summed E-state index contributed by atoms with van der Waals surface area (Å²) >= 11 is 0. The van der Waals surface area contributed by atoms with Crippen LogP contribution in [-0.2, 0) is 9.47 Å². The second-order valence-corrected chi connectivity index (χ2v) is 6.72. The first-order chi connectivity index (χ1) is 15.1. The number of rotatable bonds is 12. The molecular formula is C22H27FN4O4. The number of hydrogen-bond donors (Lipinski definition) is 2. The Morgan fingerprint density at radius 1 is 1.16 bits per heavy atom. The average Bonchev–Trinajstić information content (AvgIpc) is 3.20. The van der Waals surface area contributed by atoms with Crippen molar-refractivity contribution in [2.45, 2.75) is 13.0 Å². The molecule has 0 aliphatic heterocycles. The molecule has 0 spiro atoms. The molecule has 1 heterocycles. The van der Waals surface area contributed by atoms with Crippen LogP contribution in [0.5, 0.6) is 6.01 Å². The Morgan fingerprint density at radius 3 is 2.68 bits per heavy atom. The molecule has 0 fully saturated rings. The fourth-order valence-corrected chi connectivity index (χ4v) is 2.89. The minimum absolute atomic E-state index is 0.184. The number of aliphatic hydroxyl groups excluding tert-OH is 1. The van der Waals surface area contributed by atoms with Crippen LogP contribution in [0.1, 0.15) is 6.92 Å². The standard InChI is InChI=1S/C22H27FN4O4/c1-3-30-11-12-31-22-25-21(16-5-4-6-17(23)13-16)27(26-22)19-9-7-18(8-10-19)24-14-20(28)15-29-2/h4-10,13,20,24,28H,3,11-12,14-15H2,1-2H3/t20-/m1/s1.